The lowest BCUT2D eigenvalue weighted by Gasteiger charge is -2.12. The van der Waals surface area contributed by atoms with Crippen molar-refractivity contribution in [1.82, 2.24) is 0 Å². The van der Waals surface area contributed by atoms with E-state index in [9.17, 15) is 5.11 Å². The smallest absolute Gasteiger partial charge is 0.162 e. The van der Waals surface area contributed by atoms with Gasteiger partial charge in [-0.3, -0.25) is 0 Å². The highest BCUT2D eigenvalue weighted by molar-refractivity contribution is 6.30. The van der Waals surface area contributed by atoms with E-state index < -0.39 is 6.10 Å². The Morgan fingerprint density at radius 1 is 1.40 bits per heavy atom. The fourth-order valence-electron chi connectivity index (χ4n) is 0.994. The number of aliphatic hydroxyl groups excluding tert-OH is 1. The van der Waals surface area contributed by atoms with Gasteiger partial charge in [-0.1, -0.05) is 11.6 Å². The molecule has 15 heavy (non-hydrogen) atoms. The normalized spacial score (nSPS) is 12.3. The van der Waals surface area contributed by atoms with E-state index in [0.29, 0.717) is 16.5 Å². The van der Waals surface area contributed by atoms with Gasteiger partial charge in [0.2, 0.25) is 0 Å². The summed E-state index contributed by atoms with van der Waals surface area (Å²) in [5, 5.41) is 9.77. The molecule has 0 saturated heterocycles. The molecule has 1 aromatic carbocycles. The SMILES string of the molecule is COc1ccc(Cl)cc1OCC(O)CCl. The molecule has 0 aromatic heterocycles. The summed E-state index contributed by atoms with van der Waals surface area (Å²) >= 11 is 11.2. The van der Waals surface area contributed by atoms with Crippen LogP contribution in [0.2, 0.25) is 5.02 Å². The van der Waals surface area contributed by atoms with Crippen LogP contribution in [0.25, 0.3) is 0 Å². The van der Waals surface area contributed by atoms with E-state index >= 15 is 0 Å². The summed E-state index contributed by atoms with van der Waals surface area (Å²) in [7, 11) is 1.54. The van der Waals surface area contributed by atoms with Crippen molar-refractivity contribution in [3.05, 3.63) is 23.2 Å². The van der Waals surface area contributed by atoms with E-state index in [-0.39, 0.29) is 12.5 Å². The van der Waals surface area contributed by atoms with Gasteiger partial charge in [0.15, 0.2) is 11.5 Å². The van der Waals surface area contributed by atoms with Gasteiger partial charge < -0.3 is 14.6 Å². The average Bonchev–Trinajstić information content (AvgIpc) is 2.26. The maximum absolute atomic E-state index is 9.22. The molecule has 5 heteroatoms. The van der Waals surface area contributed by atoms with Crippen molar-refractivity contribution in [1.29, 1.82) is 0 Å². The Hall–Kier alpha value is -0.640. The number of rotatable bonds is 5. The summed E-state index contributed by atoms with van der Waals surface area (Å²) in [6.07, 6.45) is -0.699. The fraction of sp³-hybridized carbons (Fsp3) is 0.400. The molecule has 1 N–H and O–H groups in total. The second kappa shape index (κ2) is 6.05. The summed E-state index contributed by atoms with van der Waals surface area (Å²) in [5.41, 5.74) is 0. The molecule has 0 aliphatic rings. The van der Waals surface area contributed by atoms with Crippen LogP contribution in [-0.4, -0.2) is 30.8 Å². The van der Waals surface area contributed by atoms with Crippen LogP contribution in [-0.2, 0) is 0 Å². The first-order valence-corrected chi connectivity index (χ1v) is 5.29. The molecule has 0 aliphatic heterocycles. The van der Waals surface area contributed by atoms with E-state index in [4.69, 9.17) is 32.7 Å². The van der Waals surface area contributed by atoms with Crippen LogP contribution in [0.1, 0.15) is 0 Å². The molecule has 0 heterocycles. The van der Waals surface area contributed by atoms with E-state index in [1.54, 1.807) is 18.2 Å². The van der Waals surface area contributed by atoms with Crippen LogP contribution in [0.5, 0.6) is 11.5 Å². The monoisotopic (exact) mass is 250 g/mol. The molecule has 1 rings (SSSR count). The van der Waals surface area contributed by atoms with Gasteiger partial charge in [0.05, 0.1) is 13.0 Å². The molecule has 0 radical (unpaired) electrons. The summed E-state index contributed by atoms with van der Waals surface area (Å²) in [6, 6.07) is 5.03. The predicted octanol–water partition coefficient (Wildman–Crippen LogP) is 2.33. The number of hydrogen-bond donors (Lipinski definition) is 1. The van der Waals surface area contributed by atoms with Gasteiger partial charge in [0.1, 0.15) is 12.7 Å². The number of hydrogen-bond acceptors (Lipinski definition) is 3. The highest BCUT2D eigenvalue weighted by atomic mass is 35.5. The van der Waals surface area contributed by atoms with Crippen molar-refractivity contribution >= 4 is 23.2 Å². The Bertz CT molecular complexity index is 318. The second-order valence-corrected chi connectivity index (χ2v) is 3.66. The molecule has 0 amide bonds. The van der Waals surface area contributed by atoms with Gasteiger partial charge in [-0.25, -0.2) is 0 Å². The standard InChI is InChI=1S/C10H12Cl2O3/c1-14-9-3-2-7(12)4-10(9)15-6-8(13)5-11/h2-4,8,13H,5-6H2,1H3. The molecule has 0 spiro atoms. The molecular formula is C10H12Cl2O3. The lowest BCUT2D eigenvalue weighted by molar-refractivity contribution is 0.123. The molecule has 0 saturated carbocycles. The third-order valence-corrected chi connectivity index (χ3v) is 2.33. The van der Waals surface area contributed by atoms with E-state index in [0.717, 1.165) is 0 Å². The Labute approximate surface area is 98.5 Å². The first kappa shape index (κ1) is 12.4. The number of ether oxygens (including phenoxy) is 2. The zero-order valence-corrected chi connectivity index (χ0v) is 9.76. The highest BCUT2D eigenvalue weighted by Crippen LogP contribution is 2.29. The van der Waals surface area contributed by atoms with Crippen molar-refractivity contribution in [3.8, 4) is 11.5 Å². The first-order chi connectivity index (χ1) is 7.17. The Kier molecular flexibility index (Phi) is 5.02. The van der Waals surface area contributed by atoms with Crippen LogP contribution >= 0.6 is 23.2 Å². The number of aliphatic hydroxyl groups is 1. The molecule has 1 aromatic rings. The van der Waals surface area contributed by atoms with Crippen molar-refractivity contribution < 1.29 is 14.6 Å². The number of halogens is 2. The molecule has 1 atom stereocenters. The number of benzene rings is 1. The van der Waals surface area contributed by atoms with Crippen molar-refractivity contribution in [2.45, 2.75) is 6.10 Å². The summed E-state index contributed by atoms with van der Waals surface area (Å²) in [5.74, 6) is 1.19. The van der Waals surface area contributed by atoms with Crippen LogP contribution < -0.4 is 9.47 Å². The van der Waals surface area contributed by atoms with E-state index in [1.165, 1.54) is 7.11 Å². The minimum atomic E-state index is -0.699. The number of methoxy groups -OCH3 is 1. The summed E-state index contributed by atoms with van der Waals surface area (Å²) in [4.78, 5) is 0. The summed E-state index contributed by atoms with van der Waals surface area (Å²) < 4.78 is 10.4. The predicted molar refractivity (Wildman–Crippen MR) is 60.2 cm³/mol. The lowest BCUT2D eigenvalue weighted by Crippen LogP contribution is -2.19. The zero-order chi connectivity index (χ0) is 11.3. The van der Waals surface area contributed by atoms with Crippen molar-refractivity contribution in [2.24, 2.45) is 0 Å². The molecule has 1 unspecified atom stereocenters. The fourth-order valence-corrected chi connectivity index (χ4v) is 1.25. The van der Waals surface area contributed by atoms with Crippen molar-refractivity contribution in [2.75, 3.05) is 19.6 Å². The zero-order valence-electron chi connectivity index (χ0n) is 8.24. The highest BCUT2D eigenvalue weighted by Gasteiger charge is 2.08. The maximum Gasteiger partial charge on any atom is 0.162 e. The second-order valence-electron chi connectivity index (χ2n) is 2.91. The summed E-state index contributed by atoms with van der Waals surface area (Å²) in [6.45, 7) is 0.111. The van der Waals surface area contributed by atoms with Crippen LogP contribution in [0.4, 0.5) is 0 Å². The first-order valence-electron chi connectivity index (χ1n) is 4.37. The average molecular weight is 251 g/mol. The van der Waals surface area contributed by atoms with Gasteiger partial charge in [0.25, 0.3) is 0 Å². The minimum Gasteiger partial charge on any atom is -0.493 e. The lowest BCUT2D eigenvalue weighted by atomic mass is 10.3. The molecular weight excluding hydrogens is 239 g/mol. The quantitative estimate of drug-likeness (QED) is 0.816. The molecule has 0 fully saturated rings. The van der Waals surface area contributed by atoms with Gasteiger partial charge in [-0.05, 0) is 12.1 Å². The third kappa shape index (κ3) is 3.78. The van der Waals surface area contributed by atoms with Crippen molar-refractivity contribution in [3.63, 3.8) is 0 Å². The van der Waals surface area contributed by atoms with Crippen LogP contribution in [0.3, 0.4) is 0 Å². The molecule has 3 nitrogen and oxygen atoms in total. The van der Waals surface area contributed by atoms with E-state index in [1.807, 2.05) is 0 Å². The van der Waals surface area contributed by atoms with Gasteiger partial charge in [-0.15, -0.1) is 11.6 Å². The van der Waals surface area contributed by atoms with Gasteiger partial charge >= 0.3 is 0 Å². The maximum atomic E-state index is 9.22. The van der Waals surface area contributed by atoms with Gasteiger partial charge in [0, 0.05) is 11.1 Å². The Morgan fingerprint density at radius 2 is 2.13 bits per heavy atom. The molecule has 0 aliphatic carbocycles. The van der Waals surface area contributed by atoms with Crippen LogP contribution in [0, 0.1) is 0 Å². The topological polar surface area (TPSA) is 38.7 Å². The van der Waals surface area contributed by atoms with Gasteiger partial charge in [-0.2, -0.15) is 0 Å². The van der Waals surface area contributed by atoms with Crippen LogP contribution in [0.15, 0.2) is 18.2 Å². The largest absolute Gasteiger partial charge is 0.493 e. The number of alkyl halides is 1. The Morgan fingerprint density at radius 3 is 2.73 bits per heavy atom. The molecule has 84 valence electrons. The minimum absolute atomic E-state index is 0.111. The third-order valence-electron chi connectivity index (χ3n) is 1.74. The Balaban J connectivity index is 2.69. The van der Waals surface area contributed by atoms with E-state index in [2.05, 4.69) is 0 Å². The molecule has 0 bridgehead atoms.